The summed E-state index contributed by atoms with van der Waals surface area (Å²) >= 11 is 0. The van der Waals surface area contributed by atoms with Crippen molar-refractivity contribution in [2.45, 2.75) is 38.6 Å². The third-order valence-corrected chi connectivity index (χ3v) is 3.00. The molecule has 6 heteroatoms. The predicted octanol–water partition coefficient (Wildman–Crippen LogP) is -0.00870. The highest BCUT2D eigenvalue weighted by Crippen LogP contribution is 2.10. The van der Waals surface area contributed by atoms with E-state index in [4.69, 9.17) is 5.73 Å². The number of nitrogens with zero attached hydrogens (tertiary/aromatic N) is 3. The molecule has 0 radical (unpaired) electrons. The van der Waals surface area contributed by atoms with Gasteiger partial charge in [-0.25, -0.2) is 4.98 Å². The van der Waals surface area contributed by atoms with Gasteiger partial charge in [-0.15, -0.1) is 0 Å². The number of aryl methyl sites for hydroxylation is 1. The van der Waals surface area contributed by atoms with Gasteiger partial charge in [-0.2, -0.15) is 5.10 Å². The number of aromatic nitrogens is 3. The Morgan fingerprint density at radius 3 is 2.65 bits per heavy atom. The molecule has 0 saturated carbocycles. The Morgan fingerprint density at radius 2 is 2.18 bits per heavy atom. The van der Waals surface area contributed by atoms with Gasteiger partial charge in [0, 0.05) is 20.0 Å². The average molecular weight is 239 g/mol. The summed E-state index contributed by atoms with van der Waals surface area (Å²) in [6.45, 7) is 4.36. The van der Waals surface area contributed by atoms with E-state index in [1.165, 1.54) is 0 Å². The summed E-state index contributed by atoms with van der Waals surface area (Å²) in [4.78, 5) is 15.9. The molecule has 6 nitrogen and oxygen atoms in total. The fourth-order valence-electron chi connectivity index (χ4n) is 1.53. The molecule has 0 aliphatic heterocycles. The first-order chi connectivity index (χ1) is 8.01. The van der Waals surface area contributed by atoms with Crippen LogP contribution in [0, 0.1) is 0 Å². The van der Waals surface area contributed by atoms with Crippen molar-refractivity contribution in [3.05, 3.63) is 12.2 Å². The number of nitrogens with one attached hydrogen (secondary N) is 1. The molecule has 3 N–H and O–H groups in total. The molecule has 1 aromatic rings. The molecule has 0 aliphatic carbocycles. The van der Waals surface area contributed by atoms with Gasteiger partial charge in [0.1, 0.15) is 6.33 Å². The first-order valence-corrected chi connectivity index (χ1v) is 5.93. The number of hydrogen-bond acceptors (Lipinski definition) is 4. The van der Waals surface area contributed by atoms with Crippen molar-refractivity contribution in [3.8, 4) is 0 Å². The zero-order chi connectivity index (χ0) is 12.9. The molecule has 0 atom stereocenters. The Morgan fingerprint density at radius 1 is 1.53 bits per heavy atom. The number of rotatable bonds is 6. The normalized spacial score (nSPS) is 11.5. The van der Waals surface area contributed by atoms with Crippen molar-refractivity contribution in [1.82, 2.24) is 20.1 Å². The minimum absolute atomic E-state index is 0.0987. The first kappa shape index (κ1) is 13.6. The van der Waals surface area contributed by atoms with E-state index in [1.807, 2.05) is 20.9 Å². The van der Waals surface area contributed by atoms with Crippen LogP contribution in [0.2, 0.25) is 0 Å². The lowest BCUT2D eigenvalue weighted by molar-refractivity contribution is -0.126. The summed E-state index contributed by atoms with van der Waals surface area (Å²) in [5, 5.41) is 6.96. The summed E-state index contributed by atoms with van der Waals surface area (Å²) in [7, 11) is 1.81. The molecule has 1 rings (SSSR count). The van der Waals surface area contributed by atoms with Crippen LogP contribution in [-0.2, 0) is 18.3 Å². The van der Waals surface area contributed by atoms with Gasteiger partial charge in [0.25, 0.3) is 0 Å². The minimum atomic E-state index is -0.752. The van der Waals surface area contributed by atoms with Crippen molar-refractivity contribution in [2.24, 2.45) is 12.8 Å². The van der Waals surface area contributed by atoms with Gasteiger partial charge in [-0.3, -0.25) is 9.48 Å². The number of hydrogen-bond donors (Lipinski definition) is 2. The van der Waals surface area contributed by atoms with Crippen molar-refractivity contribution in [3.63, 3.8) is 0 Å². The molecule has 1 aromatic heterocycles. The van der Waals surface area contributed by atoms with Gasteiger partial charge in [-0.05, 0) is 12.8 Å². The van der Waals surface area contributed by atoms with Crippen LogP contribution in [0.5, 0.6) is 0 Å². The Labute approximate surface area is 102 Å². The second kappa shape index (κ2) is 5.77. The zero-order valence-corrected chi connectivity index (χ0v) is 10.7. The van der Waals surface area contributed by atoms with Crippen LogP contribution in [0.25, 0.3) is 0 Å². The van der Waals surface area contributed by atoms with Crippen molar-refractivity contribution in [2.75, 3.05) is 6.54 Å². The van der Waals surface area contributed by atoms with E-state index < -0.39 is 5.54 Å². The molecule has 0 aromatic carbocycles. The smallest absolute Gasteiger partial charge is 0.240 e. The predicted molar refractivity (Wildman–Crippen MR) is 65.2 cm³/mol. The highest BCUT2D eigenvalue weighted by molar-refractivity contribution is 5.85. The maximum atomic E-state index is 11.8. The van der Waals surface area contributed by atoms with Crippen LogP contribution in [0.3, 0.4) is 0 Å². The maximum absolute atomic E-state index is 11.8. The molecule has 0 saturated heterocycles. The van der Waals surface area contributed by atoms with Gasteiger partial charge in [0.2, 0.25) is 5.91 Å². The fraction of sp³-hybridized carbons (Fsp3) is 0.727. The molecular weight excluding hydrogens is 218 g/mol. The summed E-state index contributed by atoms with van der Waals surface area (Å²) in [6.07, 6.45) is 3.53. The lowest BCUT2D eigenvalue weighted by atomic mass is 9.93. The van der Waals surface area contributed by atoms with Gasteiger partial charge in [0.05, 0.1) is 5.54 Å². The number of amides is 1. The van der Waals surface area contributed by atoms with E-state index in [0.717, 1.165) is 5.82 Å². The first-order valence-electron chi connectivity index (χ1n) is 5.93. The topological polar surface area (TPSA) is 85.8 Å². The van der Waals surface area contributed by atoms with Gasteiger partial charge < -0.3 is 11.1 Å². The quantitative estimate of drug-likeness (QED) is 0.731. The fourth-order valence-corrected chi connectivity index (χ4v) is 1.53. The molecule has 0 aliphatic rings. The highest BCUT2D eigenvalue weighted by Gasteiger charge is 2.29. The number of nitrogens with two attached hydrogens (primary N) is 1. The van der Waals surface area contributed by atoms with Crippen molar-refractivity contribution in [1.29, 1.82) is 0 Å². The molecule has 96 valence electrons. The Hall–Kier alpha value is -1.43. The molecule has 1 amide bonds. The molecule has 0 bridgehead atoms. The number of carbonyl (C=O) groups is 1. The molecule has 1 heterocycles. The highest BCUT2D eigenvalue weighted by atomic mass is 16.2. The molecule has 0 spiro atoms. The largest absolute Gasteiger partial charge is 0.354 e. The lowest BCUT2D eigenvalue weighted by Gasteiger charge is -2.24. The van der Waals surface area contributed by atoms with Gasteiger partial charge in [-0.1, -0.05) is 13.8 Å². The molecule has 17 heavy (non-hydrogen) atoms. The van der Waals surface area contributed by atoms with Crippen LogP contribution < -0.4 is 11.1 Å². The van der Waals surface area contributed by atoms with E-state index in [2.05, 4.69) is 15.4 Å². The summed E-state index contributed by atoms with van der Waals surface area (Å²) < 4.78 is 1.64. The van der Waals surface area contributed by atoms with Crippen LogP contribution in [-0.4, -0.2) is 32.8 Å². The van der Waals surface area contributed by atoms with Crippen LogP contribution in [0.1, 0.15) is 32.5 Å². The lowest BCUT2D eigenvalue weighted by Crippen LogP contribution is -2.53. The van der Waals surface area contributed by atoms with Crippen molar-refractivity contribution >= 4 is 5.91 Å². The maximum Gasteiger partial charge on any atom is 0.240 e. The van der Waals surface area contributed by atoms with E-state index >= 15 is 0 Å². The Kier molecular flexibility index (Phi) is 4.62. The van der Waals surface area contributed by atoms with E-state index in [9.17, 15) is 4.79 Å². The zero-order valence-electron chi connectivity index (χ0n) is 10.7. The molecular formula is C11H21N5O. The van der Waals surface area contributed by atoms with Gasteiger partial charge >= 0.3 is 0 Å². The average Bonchev–Trinajstić information content (AvgIpc) is 2.74. The molecule has 0 fully saturated rings. The third kappa shape index (κ3) is 3.52. The van der Waals surface area contributed by atoms with Crippen molar-refractivity contribution < 1.29 is 4.79 Å². The Balaban J connectivity index is 2.38. The van der Waals surface area contributed by atoms with Crippen LogP contribution in [0.4, 0.5) is 0 Å². The summed E-state index contributed by atoms with van der Waals surface area (Å²) in [5.41, 5.74) is 5.22. The summed E-state index contributed by atoms with van der Waals surface area (Å²) in [5.74, 6) is 0.627. The van der Waals surface area contributed by atoms with E-state index in [1.54, 1.807) is 11.0 Å². The van der Waals surface area contributed by atoms with Gasteiger partial charge in [0.15, 0.2) is 5.82 Å². The Bertz CT molecular complexity index is 370. The van der Waals surface area contributed by atoms with E-state index in [-0.39, 0.29) is 5.91 Å². The third-order valence-electron chi connectivity index (χ3n) is 3.00. The number of carbonyl (C=O) groups excluding carboxylic acids is 1. The standard InChI is InChI=1S/C11H21N5O/c1-4-11(12,5-2)10(17)13-7-6-9-14-8-16(3)15-9/h8H,4-7,12H2,1-3H3,(H,13,17). The van der Waals surface area contributed by atoms with Crippen LogP contribution in [0.15, 0.2) is 6.33 Å². The molecule has 0 unspecified atom stereocenters. The second-order valence-electron chi connectivity index (χ2n) is 4.20. The minimum Gasteiger partial charge on any atom is -0.354 e. The second-order valence-corrected chi connectivity index (χ2v) is 4.20. The van der Waals surface area contributed by atoms with Crippen LogP contribution >= 0.6 is 0 Å². The SMILES string of the molecule is CCC(N)(CC)C(=O)NCCc1ncn(C)n1. The monoisotopic (exact) mass is 239 g/mol. The van der Waals surface area contributed by atoms with E-state index in [0.29, 0.717) is 25.8 Å². The summed E-state index contributed by atoms with van der Waals surface area (Å²) in [6, 6.07) is 0.